The number of phenols is 1. The fraction of sp³-hybridized carbons (Fsp3) is 0.455. The molecule has 0 atom stereocenters. The van der Waals surface area contributed by atoms with Crippen molar-refractivity contribution >= 4 is 6.03 Å². The lowest BCUT2D eigenvalue weighted by atomic mass is 9.98. The molecule has 28 heavy (non-hydrogen) atoms. The highest BCUT2D eigenvalue weighted by molar-refractivity contribution is 5.73. The third-order valence-electron chi connectivity index (χ3n) is 4.96. The third-order valence-corrected chi connectivity index (χ3v) is 4.96. The van der Waals surface area contributed by atoms with E-state index < -0.39 is 0 Å². The van der Waals surface area contributed by atoms with Gasteiger partial charge < -0.3 is 20.5 Å². The second kappa shape index (κ2) is 10.5. The van der Waals surface area contributed by atoms with E-state index in [1.54, 1.807) is 18.3 Å². The number of nitrogens with zero attached hydrogens (tertiary/aromatic N) is 1. The number of pyridine rings is 1. The molecule has 0 bridgehead atoms. The standard InChI is InChI=1S/C22H29N3O3/c26-19-10-8-17(9-11-19)5-4-13-24-22(27)25-16-18-12-14-23-21(15-18)28-20-6-2-1-3-7-20/h8-12,14-15,20,26H,1-7,13,16H2,(H2,24,25,27). The van der Waals surface area contributed by atoms with Crippen LogP contribution in [0.2, 0.25) is 0 Å². The molecule has 0 unspecified atom stereocenters. The molecule has 2 aromatic rings. The van der Waals surface area contributed by atoms with Gasteiger partial charge in [-0.3, -0.25) is 0 Å². The molecular formula is C22H29N3O3. The molecule has 0 radical (unpaired) electrons. The van der Waals surface area contributed by atoms with Crippen LogP contribution in [-0.2, 0) is 13.0 Å². The van der Waals surface area contributed by atoms with E-state index in [0.717, 1.165) is 36.8 Å². The minimum Gasteiger partial charge on any atom is -0.508 e. The van der Waals surface area contributed by atoms with Gasteiger partial charge in [0.2, 0.25) is 5.88 Å². The lowest BCUT2D eigenvalue weighted by molar-refractivity contribution is 0.148. The average molecular weight is 383 g/mol. The van der Waals surface area contributed by atoms with E-state index >= 15 is 0 Å². The summed E-state index contributed by atoms with van der Waals surface area (Å²) in [4.78, 5) is 16.3. The summed E-state index contributed by atoms with van der Waals surface area (Å²) in [5, 5.41) is 15.0. The molecule has 2 amide bonds. The number of urea groups is 1. The lowest BCUT2D eigenvalue weighted by Gasteiger charge is -2.22. The molecule has 6 heteroatoms. The van der Waals surface area contributed by atoms with Gasteiger partial charge in [0.25, 0.3) is 0 Å². The summed E-state index contributed by atoms with van der Waals surface area (Å²) < 4.78 is 5.98. The molecule has 1 aliphatic rings. The number of hydrogen-bond donors (Lipinski definition) is 3. The van der Waals surface area contributed by atoms with Crippen molar-refractivity contribution in [2.45, 2.75) is 57.6 Å². The molecule has 1 heterocycles. The molecule has 0 spiro atoms. The van der Waals surface area contributed by atoms with Gasteiger partial charge in [0.05, 0.1) is 0 Å². The monoisotopic (exact) mass is 383 g/mol. The van der Waals surface area contributed by atoms with Crippen LogP contribution in [0.25, 0.3) is 0 Å². The van der Waals surface area contributed by atoms with Crippen molar-refractivity contribution in [2.75, 3.05) is 6.54 Å². The van der Waals surface area contributed by atoms with Gasteiger partial charge in [-0.05, 0) is 67.9 Å². The molecule has 0 saturated heterocycles. The molecule has 3 rings (SSSR count). The van der Waals surface area contributed by atoms with Crippen molar-refractivity contribution in [3.05, 3.63) is 53.7 Å². The smallest absolute Gasteiger partial charge is 0.315 e. The fourth-order valence-electron chi connectivity index (χ4n) is 3.38. The minimum atomic E-state index is -0.183. The first-order valence-electron chi connectivity index (χ1n) is 10.1. The molecule has 1 saturated carbocycles. The van der Waals surface area contributed by atoms with Gasteiger partial charge in [-0.25, -0.2) is 9.78 Å². The topological polar surface area (TPSA) is 83.5 Å². The summed E-state index contributed by atoms with van der Waals surface area (Å²) in [6.45, 7) is 1.03. The van der Waals surface area contributed by atoms with Crippen molar-refractivity contribution in [3.63, 3.8) is 0 Å². The van der Waals surface area contributed by atoms with Crippen LogP contribution in [0.5, 0.6) is 11.6 Å². The SMILES string of the molecule is O=C(NCCCc1ccc(O)cc1)NCc1ccnc(OC2CCCCC2)c1. The molecule has 1 aromatic carbocycles. The van der Waals surface area contributed by atoms with Crippen LogP contribution >= 0.6 is 0 Å². The first-order chi connectivity index (χ1) is 13.7. The molecule has 0 aliphatic heterocycles. The highest BCUT2D eigenvalue weighted by atomic mass is 16.5. The Kier molecular flexibility index (Phi) is 7.53. The number of hydrogen-bond acceptors (Lipinski definition) is 4. The van der Waals surface area contributed by atoms with E-state index in [1.807, 2.05) is 24.3 Å². The van der Waals surface area contributed by atoms with Crippen molar-refractivity contribution < 1.29 is 14.6 Å². The number of carbonyl (C=O) groups excluding carboxylic acids is 1. The number of carbonyl (C=O) groups is 1. The number of aromatic hydroxyl groups is 1. The molecule has 150 valence electrons. The fourth-order valence-corrected chi connectivity index (χ4v) is 3.38. The van der Waals surface area contributed by atoms with Crippen LogP contribution in [-0.4, -0.2) is 28.8 Å². The van der Waals surface area contributed by atoms with Crippen molar-refractivity contribution in [2.24, 2.45) is 0 Å². The second-order valence-corrected chi connectivity index (χ2v) is 7.26. The molecule has 3 N–H and O–H groups in total. The maximum absolute atomic E-state index is 12.0. The van der Waals surface area contributed by atoms with Crippen LogP contribution in [0.3, 0.4) is 0 Å². The van der Waals surface area contributed by atoms with E-state index in [4.69, 9.17) is 4.74 Å². The summed E-state index contributed by atoms with van der Waals surface area (Å²) in [6.07, 6.45) is 9.61. The van der Waals surface area contributed by atoms with E-state index in [1.165, 1.54) is 19.3 Å². The number of aromatic nitrogens is 1. The Labute approximate surface area is 166 Å². The largest absolute Gasteiger partial charge is 0.508 e. The van der Waals surface area contributed by atoms with E-state index in [9.17, 15) is 9.90 Å². The van der Waals surface area contributed by atoms with Gasteiger partial charge in [0, 0.05) is 25.4 Å². The maximum atomic E-state index is 12.0. The minimum absolute atomic E-state index is 0.183. The second-order valence-electron chi connectivity index (χ2n) is 7.26. The Morgan fingerprint density at radius 2 is 1.86 bits per heavy atom. The number of nitrogens with one attached hydrogen (secondary N) is 2. The average Bonchev–Trinajstić information content (AvgIpc) is 2.72. The summed E-state index contributed by atoms with van der Waals surface area (Å²) in [6, 6.07) is 10.8. The predicted molar refractivity (Wildman–Crippen MR) is 108 cm³/mol. The van der Waals surface area contributed by atoms with Crippen molar-refractivity contribution in [3.8, 4) is 11.6 Å². The van der Waals surface area contributed by atoms with Crippen LogP contribution in [0, 0.1) is 0 Å². The Hall–Kier alpha value is -2.76. The summed E-state index contributed by atoms with van der Waals surface area (Å²) in [5.41, 5.74) is 2.11. The predicted octanol–water partition coefficient (Wildman–Crippen LogP) is 3.93. The Balaban J connectivity index is 1.34. The lowest BCUT2D eigenvalue weighted by Crippen LogP contribution is -2.35. The van der Waals surface area contributed by atoms with Gasteiger partial charge >= 0.3 is 6.03 Å². The normalized spacial score (nSPS) is 14.4. The first kappa shape index (κ1) is 20.0. The number of benzene rings is 1. The highest BCUT2D eigenvalue weighted by Crippen LogP contribution is 2.22. The molecule has 1 aromatic heterocycles. The zero-order chi connectivity index (χ0) is 19.6. The van der Waals surface area contributed by atoms with Crippen molar-refractivity contribution in [1.29, 1.82) is 0 Å². The van der Waals surface area contributed by atoms with Gasteiger partial charge in [0.15, 0.2) is 0 Å². The van der Waals surface area contributed by atoms with Crippen LogP contribution in [0.15, 0.2) is 42.6 Å². The highest BCUT2D eigenvalue weighted by Gasteiger charge is 2.15. The zero-order valence-electron chi connectivity index (χ0n) is 16.2. The van der Waals surface area contributed by atoms with Crippen LogP contribution < -0.4 is 15.4 Å². The molecule has 1 aliphatic carbocycles. The maximum Gasteiger partial charge on any atom is 0.315 e. The quantitative estimate of drug-likeness (QED) is 0.603. The molecule has 6 nitrogen and oxygen atoms in total. The van der Waals surface area contributed by atoms with Gasteiger partial charge in [-0.15, -0.1) is 0 Å². The Morgan fingerprint density at radius 1 is 1.07 bits per heavy atom. The summed E-state index contributed by atoms with van der Waals surface area (Å²) in [7, 11) is 0. The number of phenolic OH excluding ortho intramolecular Hbond substituents is 1. The van der Waals surface area contributed by atoms with E-state index in [0.29, 0.717) is 19.0 Å². The van der Waals surface area contributed by atoms with E-state index in [2.05, 4.69) is 15.6 Å². The molecular weight excluding hydrogens is 354 g/mol. The van der Waals surface area contributed by atoms with Gasteiger partial charge in [-0.2, -0.15) is 0 Å². The number of ether oxygens (including phenoxy) is 1. The first-order valence-corrected chi connectivity index (χ1v) is 10.1. The van der Waals surface area contributed by atoms with Gasteiger partial charge in [-0.1, -0.05) is 18.6 Å². The summed E-state index contributed by atoms with van der Waals surface area (Å²) >= 11 is 0. The van der Waals surface area contributed by atoms with Crippen LogP contribution in [0.4, 0.5) is 4.79 Å². The molecule has 1 fully saturated rings. The number of aryl methyl sites for hydroxylation is 1. The van der Waals surface area contributed by atoms with E-state index in [-0.39, 0.29) is 17.9 Å². The Morgan fingerprint density at radius 3 is 2.64 bits per heavy atom. The third kappa shape index (κ3) is 6.76. The Bertz CT molecular complexity index is 743. The zero-order valence-corrected chi connectivity index (χ0v) is 16.2. The number of rotatable bonds is 8. The van der Waals surface area contributed by atoms with Crippen LogP contribution in [0.1, 0.15) is 49.7 Å². The van der Waals surface area contributed by atoms with Crippen molar-refractivity contribution in [1.82, 2.24) is 15.6 Å². The number of amides is 2. The summed E-state index contributed by atoms with van der Waals surface area (Å²) in [5.74, 6) is 0.908. The van der Waals surface area contributed by atoms with Gasteiger partial charge in [0.1, 0.15) is 11.9 Å².